The quantitative estimate of drug-likeness (QED) is 0.677. The molecule has 0 radical (unpaired) electrons. The first-order valence-corrected chi connectivity index (χ1v) is 8.60. The maximum Gasteiger partial charge on any atom is 0.225 e. The summed E-state index contributed by atoms with van der Waals surface area (Å²) in [6.07, 6.45) is 1.76. The van der Waals surface area contributed by atoms with E-state index in [1.165, 1.54) is 17.6 Å². The SMILES string of the molecule is CS(=O)(=O)CCCNc1nc(Cl)nc2sccc12. The molecule has 8 heteroatoms. The second kappa shape index (κ2) is 5.38. The Balaban J connectivity index is 2.05. The van der Waals surface area contributed by atoms with Crippen molar-refractivity contribution in [1.82, 2.24) is 9.97 Å². The summed E-state index contributed by atoms with van der Waals surface area (Å²) < 4.78 is 22.0. The number of hydrogen-bond acceptors (Lipinski definition) is 6. The van der Waals surface area contributed by atoms with E-state index < -0.39 is 9.84 Å². The van der Waals surface area contributed by atoms with Crippen molar-refractivity contribution in [3.8, 4) is 0 Å². The van der Waals surface area contributed by atoms with Gasteiger partial charge in [0.2, 0.25) is 5.28 Å². The van der Waals surface area contributed by atoms with Crippen LogP contribution in [-0.2, 0) is 9.84 Å². The van der Waals surface area contributed by atoms with Crippen LogP contribution >= 0.6 is 22.9 Å². The Labute approximate surface area is 114 Å². The fourth-order valence-corrected chi connectivity index (χ4v) is 3.16. The number of hydrogen-bond donors (Lipinski definition) is 1. The van der Waals surface area contributed by atoms with E-state index in [-0.39, 0.29) is 11.0 Å². The van der Waals surface area contributed by atoms with Crippen LogP contribution in [0.4, 0.5) is 5.82 Å². The predicted octanol–water partition coefficient (Wildman–Crippen LogP) is 2.19. The van der Waals surface area contributed by atoms with E-state index in [9.17, 15) is 8.42 Å². The summed E-state index contributed by atoms with van der Waals surface area (Å²) in [7, 11) is -2.92. The molecule has 0 unspecified atom stereocenters. The summed E-state index contributed by atoms with van der Waals surface area (Å²) in [6.45, 7) is 0.533. The Hall–Kier alpha value is -0.920. The molecule has 2 heterocycles. The van der Waals surface area contributed by atoms with Gasteiger partial charge in [-0.25, -0.2) is 18.4 Å². The lowest BCUT2D eigenvalue weighted by Crippen LogP contribution is -2.10. The first-order valence-electron chi connectivity index (χ1n) is 5.28. The van der Waals surface area contributed by atoms with Crippen molar-refractivity contribution in [2.24, 2.45) is 0 Å². The lowest BCUT2D eigenvalue weighted by atomic mass is 10.3. The van der Waals surface area contributed by atoms with Crippen molar-refractivity contribution in [2.45, 2.75) is 6.42 Å². The van der Waals surface area contributed by atoms with E-state index in [0.717, 1.165) is 10.2 Å². The van der Waals surface area contributed by atoms with E-state index >= 15 is 0 Å². The van der Waals surface area contributed by atoms with Gasteiger partial charge in [-0.15, -0.1) is 11.3 Å². The van der Waals surface area contributed by atoms with Gasteiger partial charge in [0.15, 0.2) is 0 Å². The number of nitrogens with zero attached hydrogens (tertiary/aromatic N) is 2. The molecule has 0 aliphatic heterocycles. The highest BCUT2D eigenvalue weighted by Crippen LogP contribution is 2.26. The summed E-state index contributed by atoms with van der Waals surface area (Å²) in [5.41, 5.74) is 0. The van der Waals surface area contributed by atoms with Gasteiger partial charge in [-0.05, 0) is 29.5 Å². The zero-order valence-corrected chi connectivity index (χ0v) is 12.1. The molecule has 2 aromatic heterocycles. The van der Waals surface area contributed by atoms with Crippen molar-refractivity contribution in [1.29, 1.82) is 0 Å². The first kappa shape index (κ1) is 13.5. The molecule has 0 bridgehead atoms. The second-order valence-electron chi connectivity index (χ2n) is 3.89. The summed E-state index contributed by atoms with van der Waals surface area (Å²) >= 11 is 7.30. The molecule has 2 aromatic rings. The summed E-state index contributed by atoms with van der Waals surface area (Å²) in [4.78, 5) is 9.03. The molecule has 0 spiro atoms. The summed E-state index contributed by atoms with van der Waals surface area (Å²) in [5, 5.41) is 6.10. The molecule has 0 aliphatic carbocycles. The van der Waals surface area contributed by atoms with Crippen molar-refractivity contribution in [3.05, 3.63) is 16.7 Å². The Morgan fingerprint density at radius 1 is 1.44 bits per heavy atom. The smallest absolute Gasteiger partial charge is 0.225 e. The van der Waals surface area contributed by atoms with Gasteiger partial charge in [0.1, 0.15) is 20.5 Å². The lowest BCUT2D eigenvalue weighted by Gasteiger charge is -2.06. The predicted molar refractivity (Wildman–Crippen MR) is 75.2 cm³/mol. The van der Waals surface area contributed by atoms with Crippen LogP contribution in [0.25, 0.3) is 10.2 Å². The van der Waals surface area contributed by atoms with Crippen molar-refractivity contribution in [3.63, 3.8) is 0 Å². The molecule has 0 atom stereocenters. The molecule has 2 rings (SSSR count). The maximum atomic E-state index is 11.0. The Morgan fingerprint density at radius 3 is 2.94 bits per heavy atom. The van der Waals surface area contributed by atoms with Crippen LogP contribution in [0.15, 0.2) is 11.4 Å². The van der Waals surface area contributed by atoms with Gasteiger partial charge < -0.3 is 5.32 Å². The van der Waals surface area contributed by atoms with Crippen LogP contribution in [0, 0.1) is 0 Å². The Bertz CT molecular complexity index is 654. The van der Waals surface area contributed by atoms with Gasteiger partial charge in [-0.2, -0.15) is 0 Å². The van der Waals surface area contributed by atoms with Crippen molar-refractivity contribution >= 4 is 48.8 Å². The third-order valence-electron chi connectivity index (χ3n) is 2.28. The number of sulfone groups is 1. The number of fused-ring (bicyclic) bond motifs is 1. The average Bonchev–Trinajstić information content (AvgIpc) is 2.70. The highest BCUT2D eigenvalue weighted by Gasteiger charge is 2.07. The molecule has 0 saturated heterocycles. The monoisotopic (exact) mass is 305 g/mol. The van der Waals surface area contributed by atoms with Crippen LogP contribution < -0.4 is 5.32 Å². The Kier molecular flexibility index (Phi) is 4.04. The van der Waals surface area contributed by atoms with Gasteiger partial charge in [-0.1, -0.05) is 0 Å². The van der Waals surface area contributed by atoms with Gasteiger partial charge in [-0.3, -0.25) is 0 Å². The molecule has 98 valence electrons. The highest BCUT2D eigenvalue weighted by atomic mass is 35.5. The molecular formula is C10H12ClN3O2S2. The summed E-state index contributed by atoms with van der Waals surface area (Å²) in [5.74, 6) is 0.811. The second-order valence-corrected chi connectivity index (χ2v) is 7.38. The Morgan fingerprint density at radius 2 is 2.22 bits per heavy atom. The van der Waals surface area contributed by atoms with E-state index in [1.807, 2.05) is 11.4 Å². The number of aromatic nitrogens is 2. The average molecular weight is 306 g/mol. The zero-order chi connectivity index (χ0) is 13.2. The fourth-order valence-electron chi connectivity index (χ4n) is 1.51. The molecule has 0 saturated carbocycles. The molecule has 0 amide bonds. The third kappa shape index (κ3) is 3.54. The first-order chi connectivity index (χ1) is 8.46. The van der Waals surface area contributed by atoms with Crippen LogP contribution in [0.5, 0.6) is 0 Å². The molecule has 5 nitrogen and oxygen atoms in total. The molecule has 1 N–H and O–H groups in total. The number of anilines is 1. The number of halogens is 1. The van der Waals surface area contributed by atoms with Gasteiger partial charge in [0, 0.05) is 12.8 Å². The van der Waals surface area contributed by atoms with Crippen LogP contribution in [-0.4, -0.2) is 36.9 Å². The number of thiophene rings is 1. The largest absolute Gasteiger partial charge is 0.369 e. The topological polar surface area (TPSA) is 72.0 Å². The number of nitrogens with one attached hydrogen (secondary N) is 1. The van der Waals surface area contributed by atoms with E-state index in [2.05, 4.69) is 15.3 Å². The van der Waals surface area contributed by atoms with Crippen LogP contribution in [0.3, 0.4) is 0 Å². The minimum atomic E-state index is -2.92. The van der Waals surface area contributed by atoms with Crippen molar-refractivity contribution < 1.29 is 8.42 Å². The highest BCUT2D eigenvalue weighted by molar-refractivity contribution is 7.90. The minimum Gasteiger partial charge on any atom is -0.369 e. The van der Waals surface area contributed by atoms with Gasteiger partial charge in [0.05, 0.1) is 11.1 Å². The standard InChI is InChI=1S/C10H12ClN3O2S2/c1-18(15,16)6-2-4-12-8-7-3-5-17-9(7)14-10(11)13-8/h3,5H,2,4,6H2,1H3,(H,12,13,14). The van der Waals surface area contributed by atoms with Crippen molar-refractivity contribution in [2.75, 3.05) is 23.9 Å². The van der Waals surface area contributed by atoms with E-state index in [4.69, 9.17) is 11.6 Å². The number of rotatable bonds is 5. The van der Waals surface area contributed by atoms with Gasteiger partial charge >= 0.3 is 0 Å². The van der Waals surface area contributed by atoms with Crippen LogP contribution in [0.2, 0.25) is 5.28 Å². The van der Waals surface area contributed by atoms with E-state index in [0.29, 0.717) is 18.8 Å². The minimum absolute atomic E-state index is 0.158. The van der Waals surface area contributed by atoms with Gasteiger partial charge in [0.25, 0.3) is 0 Å². The maximum absolute atomic E-state index is 11.0. The molecule has 0 aliphatic rings. The lowest BCUT2D eigenvalue weighted by molar-refractivity contribution is 0.600. The molecular weight excluding hydrogens is 294 g/mol. The molecule has 18 heavy (non-hydrogen) atoms. The molecule has 0 aromatic carbocycles. The third-order valence-corrected chi connectivity index (χ3v) is 4.29. The summed E-state index contributed by atoms with van der Waals surface area (Å²) in [6, 6.07) is 1.91. The molecule has 0 fully saturated rings. The zero-order valence-electron chi connectivity index (χ0n) is 9.68. The van der Waals surface area contributed by atoms with E-state index in [1.54, 1.807) is 0 Å². The fraction of sp³-hybridized carbons (Fsp3) is 0.400. The normalized spacial score (nSPS) is 11.9. The van der Waals surface area contributed by atoms with Crippen LogP contribution in [0.1, 0.15) is 6.42 Å².